The van der Waals surface area contributed by atoms with Crippen LogP contribution in [0, 0.1) is 13.8 Å². The molecule has 0 aromatic heterocycles. The molecular weight excluding hydrogens is 757 g/mol. The van der Waals surface area contributed by atoms with Gasteiger partial charge in [-0.2, -0.15) is 0 Å². The molecule has 0 unspecified atom stereocenters. The highest BCUT2D eigenvalue weighted by Crippen LogP contribution is 2.44. The molecule has 0 radical (unpaired) electrons. The lowest BCUT2D eigenvalue weighted by Gasteiger charge is -2.23. The summed E-state index contributed by atoms with van der Waals surface area (Å²) in [5, 5.41) is 43.8. The van der Waals surface area contributed by atoms with E-state index in [1.807, 2.05) is 62.4 Å². The van der Waals surface area contributed by atoms with Crippen molar-refractivity contribution in [1.82, 2.24) is 9.80 Å². The predicted molar refractivity (Wildman–Crippen MR) is 240 cm³/mol. The van der Waals surface area contributed by atoms with Crippen LogP contribution in [0.25, 0.3) is 22.3 Å². The number of unbranched alkanes of at least 4 members (excludes halogenated alkanes) is 4. The first-order chi connectivity index (χ1) is 28.6. The van der Waals surface area contributed by atoms with E-state index in [-0.39, 0.29) is 54.4 Å². The number of rotatable bonds is 16. The van der Waals surface area contributed by atoms with Gasteiger partial charge in [0.15, 0.2) is 0 Å². The Hall–Kier alpha value is -5.38. The van der Waals surface area contributed by atoms with E-state index in [0.29, 0.717) is 22.3 Å². The Morgan fingerprint density at radius 3 is 1.50 bits per heavy atom. The van der Waals surface area contributed by atoms with Crippen molar-refractivity contribution in [2.24, 2.45) is 0 Å². The number of carbonyl (C=O) groups excluding carboxylic acids is 2. The highest BCUT2D eigenvalue weighted by atomic mass is 16.6. The van der Waals surface area contributed by atoms with Crippen molar-refractivity contribution in [2.45, 2.75) is 144 Å². The van der Waals surface area contributed by atoms with Gasteiger partial charge in [0.2, 0.25) is 0 Å². The van der Waals surface area contributed by atoms with Gasteiger partial charge in [-0.1, -0.05) is 99.2 Å². The number of amides is 2. The minimum absolute atomic E-state index is 0.00440. The van der Waals surface area contributed by atoms with Gasteiger partial charge in [0, 0.05) is 25.2 Å². The number of hydrogen-bond acceptors (Lipinski definition) is 8. The van der Waals surface area contributed by atoms with E-state index < -0.39 is 6.09 Å². The normalized spacial score (nSPS) is 12.6. The molecule has 0 saturated heterocycles. The minimum atomic E-state index is -0.441. The van der Waals surface area contributed by atoms with Crippen LogP contribution in [0.5, 0.6) is 23.0 Å². The monoisotopic (exact) mass is 824 g/mol. The van der Waals surface area contributed by atoms with Crippen molar-refractivity contribution in [3.63, 3.8) is 0 Å². The summed E-state index contributed by atoms with van der Waals surface area (Å²) in [6, 6.07) is 18.8. The maximum atomic E-state index is 12.6. The van der Waals surface area contributed by atoms with Crippen LogP contribution in [0.4, 0.5) is 9.59 Å². The standard InChI is InChI=1S/C26H35NO4.C24H33NO4/c1-4-5-6-11-19-16-23(28)24(20-12-9-10-18(2)15-20)25(29)22(19)17-27(3)26(30)31-21-13-7-8-14-21;1-6-7-8-11-18-14-21(26)22(19-12-9-10-17(4)13-19)23(27)20(18)15-25(5)24(28)29-16(2)3/h9-10,12,15-16,21,28-29H,4-8,11,13-14,17H2,1-3H3;9-10,12-14,16,26-27H,6-8,11,15H2,1-5H3. The van der Waals surface area contributed by atoms with Crippen LogP contribution in [0.1, 0.15) is 125 Å². The van der Waals surface area contributed by atoms with Crippen molar-refractivity contribution in [3.05, 3.63) is 94.0 Å². The summed E-state index contributed by atoms with van der Waals surface area (Å²) in [5.41, 5.74) is 7.45. The van der Waals surface area contributed by atoms with Crippen molar-refractivity contribution in [1.29, 1.82) is 0 Å². The summed E-state index contributed by atoms with van der Waals surface area (Å²) in [7, 11) is 3.35. The molecule has 0 atom stereocenters. The zero-order valence-electron chi connectivity index (χ0n) is 37.1. The highest BCUT2D eigenvalue weighted by Gasteiger charge is 2.26. The Balaban J connectivity index is 0.000000265. The van der Waals surface area contributed by atoms with Gasteiger partial charge in [-0.15, -0.1) is 0 Å². The molecular formula is C50H68N2O8. The van der Waals surface area contributed by atoms with Gasteiger partial charge in [0.1, 0.15) is 29.1 Å². The lowest BCUT2D eigenvalue weighted by atomic mass is 9.92. The molecule has 2 amide bonds. The van der Waals surface area contributed by atoms with Gasteiger partial charge in [0.25, 0.3) is 0 Å². The molecule has 5 rings (SSSR count). The summed E-state index contributed by atoms with van der Waals surface area (Å²) in [4.78, 5) is 27.9. The first-order valence-corrected chi connectivity index (χ1v) is 21.8. The van der Waals surface area contributed by atoms with E-state index in [9.17, 15) is 30.0 Å². The summed E-state index contributed by atoms with van der Waals surface area (Å²) in [5.74, 6) is 0.175. The van der Waals surface area contributed by atoms with Gasteiger partial charge in [-0.05, 0) is 113 Å². The average Bonchev–Trinajstić information content (AvgIpc) is 3.71. The van der Waals surface area contributed by atoms with E-state index in [0.717, 1.165) is 110 Å². The summed E-state index contributed by atoms with van der Waals surface area (Å²) >= 11 is 0. The van der Waals surface area contributed by atoms with Crippen molar-refractivity contribution < 1.29 is 39.5 Å². The maximum Gasteiger partial charge on any atom is 0.410 e. The van der Waals surface area contributed by atoms with E-state index in [1.54, 1.807) is 40.1 Å². The Morgan fingerprint density at radius 1 is 0.667 bits per heavy atom. The third kappa shape index (κ3) is 13.1. The molecule has 4 aromatic rings. The highest BCUT2D eigenvalue weighted by molar-refractivity contribution is 5.81. The number of ether oxygens (including phenoxy) is 2. The van der Waals surface area contributed by atoms with E-state index in [2.05, 4.69) is 13.8 Å². The van der Waals surface area contributed by atoms with Crippen molar-refractivity contribution in [3.8, 4) is 45.3 Å². The van der Waals surface area contributed by atoms with E-state index in [4.69, 9.17) is 9.47 Å². The topological polar surface area (TPSA) is 140 Å². The second-order valence-corrected chi connectivity index (χ2v) is 16.6. The molecule has 0 bridgehead atoms. The van der Waals surface area contributed by atoms with Gasteiger partial charge in [-0.3, -0.25) is 0 Å². The van der Waals surface area contributed by atoms with Crippen LogP contribution >= 0.6 is 0 Å². The summed E-state index contributed by atoms with van der Waals surface area (Å²) < 4.78 is 10.9. The average molecular weight is 825 g/mol. The number of phenolic OH excluding ortho intramolecular Hbond substituents is 4. The molecule has 0 spiro atoms. The molecule has 1 aliphatic carbocycles. The molecule has 1 aliphatic rings. The molecule has 60 heavy (non-hydrogen) atoms. The van der Waals surface area contributed by atoms with Gasteiger partial charge in [0.05, 0.1) is 30.3 Å². The number of aromatic hydroxyl groups is 4. The Kier molecular flexibility index (Phi) is 18.0. The Labute approximate surface area is 357 Å². The van der Waals surface area contributed by atoms with E-state index >= 15 is 0 Å². The molecule has 1 saturated carbocycles. The molecule has 4 N–H and O–H groups in total. The fourth-order valence-electron chi connectivity index (χ4n) is 7.73. The molecule has 4 aromatic carbocycles. The SMILES string of the molecule is CCCCCc1cc(O)c(-c2cccc(C)c2)c(O)c1CN(C)C(=O)OC(C)C.CCCCCc1cc(O)c(-c2cccc(C)c2)c(O)c1CN(C)C(=O)OC1CCCC1. The lowest BCUT2D eigenvalue weighted by molar-refractivity contribution is 0.0700. The first-order valence-electron chi connectivity index (χ1n) is 21.8. The smallest absolute Gasteiger partial charge is 0.410 e. The molecule has 10 heteroatoms. The minimum Gasteiger partial charge on any atom is -0.507 e. The number of carbonyl (C=O) groups is 2. The van der Waals surface area contributed by atoms with Crippen LogP contribution in [0.2, 0.25) is 0 Å². The fourth-order valence-corrected chi connectivity index (χ4v) is 7.73. The fraction of sp³-hybridized carbons (Fsp3) is 0.480. The largest absolute Gasteiger partial charge is 0.507 e. The molecule has 1 fully saturated rings. The molecule has 326 valence electrons. The van der Waals surface area contributed by atoms with Gasteiger partial charge in [-0.25, -0.2) is 9.59 Å². The van der Waals surface area contributed by atoms with Crippen LogP contribution < -0.4 is 0 Å². The second kappa shape index (κ2) is 22.8. The van der Waals surface area contributed by atoms with Crippen LogP contribution in [-0.4, -0.2) is 68.7 Å². The number of aryl methyl sites for hydroxylation is 4. The van der Waals surface area contributed by atoms with Crippen LogP contribution in [-0.2, 0) is 35.4 Å². The summed E-state index contributed by atoms with van der Waals surface area (Å²) in [6.07, 6.45) is 10.7. The molecule has 0 heterocycles. The molecule has 0 aliphatic heterocycles. The third-order valence-corrected chi connectivity index (χ3v) is 11.0. The zero-order valence-corrected chi connectivity index (χ0v) is 37.1. The van der Waals surface area contributed by atoms with Crippen LogP contribution in [0.15, 0.2) is 60.7 Å². The van der Waals surface area contributed by atoms with Crippen molar-refractivity contribution in [2.75, 3.05) is 14.1 Å². The number of hydrogen-bond donors (Lipinski definition) is 4. The number of phenols is 4. The number of benzene rings is 4. The quantitative estimate of drug-likeness (QED) is 0.0819. The zero-order chi connectivity index (χ0) is 43.9. The van der Waals surface area contributed by atoms with Crippen molar-refractivity contribution >= 4 is 12.2 Å². The maximum absolute atomic E-state index is 12.6. The van der Waals surface area contributed by atoms with E-state index in [1.165, 1.54) is 9.80 Å². The third-order valence-electron chi connectivity index (χ3n) is 11.0. The summed E-state index contributed by atoms with van der Waals surface area (Å²) in [6.45, 7) is 12.3. The Bertz CT molecular complexity index is 2040. The molecule has 10 nitrogen and oxygen atoms in total. The number of nitrogens with zero attached hydrogens (tertiary/aromatic N) is 2. The van der Waals surface area contributed by atoms with Crippen LogP contribution in [0.3, 0.4) is 0 Å². The van der Waals surface area contributed by atoms with Gasteiger partial charge < -0.3 is 39.7 Å². The lowest BCUT2D eigenvalue weighted by Crippen LogP contribution is -2.30. The predicted octanol–water partition coefficient (Wildman–Crippen LogP) is 12.1. The van der Waals surface area contributed by atoms with Gasteiger partial charge >= 0.3 is 12.2 Å². The Morgan fingerprint density at radius 2 is 1.10 bits per heavy atom. The second-order valence-electron chi connectivity index (χ2n) is 16.6. The first kappa shape index (κ1) is 47.3.